The molecule has 0 saturated heterocycles. The van der Waals surface area contributed by atoms with Gasteiger partial charge in [0, 0.05) is 12.4 Å². The van der Waals surface area contributed by atoms with Gasteiger partial charge in [-0.05, 0) is 18.2 Å². The van der Waals surface area contributed by atoms with Gasteiger partial charge >= 0.3 is 0 Å². The van der Waals surface area contributed by atoms with Crippen LogP contribution in [0.15, 0.2) is 35.7 Å². The molecule has 0 unspecified atom stereocenters. The van der Waals surface area contributed by atoms with Crippen molar-refractivity contribution < 1.29 is 5.21 Å². The van der Waals surface area contributed by atoms with Gasteiger partial charge in [0.1, 0.15) is 5.36 Å². The molecule has 3 nitrogen and oxygen atoms in total. The zero-order valence-electron chi connectivity index (χ0n) is 4.73. The average molecular weight is 122 g/mol. The summed E-state index contributed by atoms with van der Waals surface area (Å²) in [4.78, 5) is 3.78. The molecule has 46 valence electrons. The van der Waals surface area contributed by atoms with Crippen LogP contribution in [0.1, 0.15) is 0 Å². The van der Waals surface area contributed by atoms with Crippen molar-refractivity contribution in [2.24, 2.45) is 5.16 Å². The van der Waals surface area contributed by atoms with E-state index in [-0.39, 0.29) is 0 Å². The normalized spacial score (nSPS) is 11.3. The molecule has 1 aromatic rings. The van der Waals surface area contributed by atoms with Crippen LogP contribution in [0, 0.1) is 0 Å². The van der Waals surface area contributed by atoms with E-state index < -0.39 is 0 Å². The number of hydrogen-bond acceptors (Lipinski definition) is 3. The summed E-state index contributed by atoms with van der Waals surface area (Å²) in [7, 11) is 0. The van der Waals surface area contributed by atoms with E-state index >= 15 is 0 Å². The van der Waals surface area contributed by atoms with Gasteiger partial charge in [0.2, 0.25) is 0 Å². The van der Waals surface area contributed by atoms with Gasteiger partial charge in [-0.1, -0.05) is 5.16 Å². The highest BCUT2D eigenvalue weighted by Gasteiger charge is 1.71. The third-order valence-electron chi connectivity index (χ3n) is 0.886. The van der Waals surface area contributed by atoms with Gasteiger partial charge in [-0.25, -0.2) is 0 Å². The van der Waals surface area contributed by atoms with Crippen LogP contribution in [0.5, 0.6) is 0 Å². The summed E-state index contributed by atoms with van der Waals surface area (Å²) >= 11 is 0. The van der Waals surface area contributed by atoms with E-state index in [0.717, 1.165) is 0 Å². The first-order valence-corrected chi connectivity index (χ1v) is 2.52. The molecule has 1 heterocycles. The van der Waals surface area contributed by atoms with Crippen molar-refractivity contribution in [3.05, 3.63) is 36.0 Å². The van der Waals surface area contributed by atoms with E-state index in [0.29, 0.717) is 5.36 Å². The van der Waals surface area contributed by atoms with Gasteiger partial charge in [-0.3, -0.25) is 4.98 Å². The van der Waals surface area contributed by atoms with Crippen LogP contribution >= 0.6 is 0 Å². The average Bonchev–Trinajstić information content (AvgIpc) is 2.13. The summed E-state index contributed by atoms with van der Waals surface area (Å²) in [6, 6.07) is 4.97. The molecule has 1 N–H and O–H groups in total. The van der Waals surface area contributed by atoms with Crippen molar-refractivity contribution in [1.29, 1.82) is 0 Å². The number of aromatic nitrogens is 1. The highest BCUT2D eigenvalue weighted by atomic mass is 16.4. The summed E-state index contributed by atoms with van der Waals surface area (Å²) in [5.74, 6) is 0. The van der Waals surface area contributed by atoms with Crippen molar-refractivity contribution in [2.75, 3.05) is 0 Å². The summed E-state index contributed by atoms with van der Waals surface area (Å²) < 4.78 is 0. The maximum atomic E-state index is 8.25. The van der Waals surface area contributed by atoms with Gasteiger partial charge in [-0.15, -0.1) is 0 Å². The first-order chi connectivity index (χ1) is 4.43. The predicted molar refractivity (Wildman–Crippen MR) is 31.6 cm³/mol. The quantitative estimate of drug-likeness (QED) is 0.399. The molecule has 0 atom stereocenters. The highest BCUT2D eigenvalue weighted by molar-refractivity contribution is 4.90. The third kappa shape index (κ3) is 1.53. The molecular weight excluding hydrogens is 116 g/mol. The van der Waals surface area contributed by atoms with Crippen LogP contribution in [0.25, 0.3) is 0 Å². The molecular formula is C6H6N2O. The molecule has 0 aromatic carbocycles. The van der Waals surface area contributed by atoms with Gasteiger partial charge in [0.25, 0.3) is 0 Å². The first-order valence-electron chi connectivity index (χ1n) is 2.52. The van der Waals surface area contributed by atoms with Crippen LogP contribution in [-0.2, 0) is 0 Å². The second-order valence-electron chi connectivity index (χ2n) is 1.50. The lowest BCUT2D eigenvalue weighted by Crippen LogP contribution is -1.93. The minimum absolute atomic E-state index is 0.507. The third-order valence-corrected chi connectivity index (χ3v) is 0.886. The Hall–Kier alpha value is -1.38. The smallest absolute Gasteiger partial charge is 0.104 e. The van der Waals surface area contributed by atoms with Gasteiger partial charge in [0.05, 0.1) is 0 Å². The fourth-order valence-corrected chi connectivity index (χ4v) is 0.483. The van der Waals surface area contributed by atoms with Crippen LogP contribution in [0.3, 0.4) is 0 Å². The number of rotatable bonds is 0. The standard InChI is InChI=1S/C6H6N2O/c9-8-6-2-1-4-7-5-3-6/h1-5,9H. The Morgan fingerprint density at radius 3 is 3.00 bits per heavy atom. The van der Waals surface area contributed by atoms with Crippen LogP contribution in [0.4, 0.5) is 0 Å². The fraction of sp³-hybridized carbons (Fsp3) is 0. The molecule has 0 aliphatic carbocycles. The molecule has 0 fully saturated rings. The van der Waals surface area contributed by atoms with Crippen LogP contribution in [-0.4, -0.2) is 10.2 Å². The van der Waals surface area contributed by atoms with Crippen molar-refractivity contribution in [1.82, 2.24) is 4.98 Å². The Labute approximate surface area is 52.3 Å². The summed E-state index contributed by atoms with van der Waals surface area (Å²) in [6.07, 6.45) is 3.18. The van der Waals surface area contributed by atoms with Crippen LogP contribution < -0.4 is 5.36 Å². The Morgan fingerprint density at radius 2 is 2.22 bits per heavy atom. The lowest BCUT2D eigenvalue weighted by Gasteiger charge is -1.67. The Balaban J connectivity index is 3.28. The number of nitrogens with zero attached hydrogens (tertiary/aromatic N) is 2. The molecule has 0 amide bonds. The van der Waals surface area contributed by atoms with Gasteiger partial charge in [0.15, 0.2) is 0 Å². The van der Waals surface area contributed by atoms with E-state index in [1.165, 1.54) is 0 Å². The number of hydrogen-bond donors (Lipinski definition) is 1. The van der Waals surface area contributed by atoms with E-state index in [2.05, 4.69) is 10.1 Å². The molecule has 9 heavy (non-hydrogen) atoms. The largest absolute Gasteiger partial charge is 0.410 e. The second-order valence-corrected chi connectivity index (χ2v) is 1.50. The van der Waals surface area contributed by atoms with E-state index in [9.17, 15) is 0 Å². The zero-order valence-corrected chi connectivity index (χ0v) is 4.73. The lowest BCUT2D eigenvalue weighted by molar-refractivity contribution is 0.302. The summed E-state index contributed by atoms with van der Waals surface area (Å²) in [6.45, 7) is 0. The maximum absolute atomic E-state index is 8.25. The lowest BCUT2D eigenvalue weighted by atomic mass is 10.5. The van der Waals surface area contributed by atoms with Crippen molar-refractivity contribution >= 4 is 0 Å². The predicted octanol–water partition coefficient (Wildman–Crippen LogP) is 0.371. The fourth-order valence-electron chi connectivity index (χ4n) is 0.483. The summed E-state index contributed by atoms with van der Waals surface area (Å²) in [5.41, 5.74) is 0. The van der Waals surface area contributed by atoms with Crippen molar-refractivity contribution in [3.8, 4) is 0 Å². The Bertz CT molecular complexity index is 224. The minimum atomic E-state index is 0.507. The van der Waals surface area contributed by atoms with Crippen LogP contribution in [0.2, 0.25) is 0 Å². The van der Waals surface area contributed by atoms with E-state index in [4.69, 9.17) is 5.21 Å². The van der Waals surface area contributed by atoms with Gasteiger partial charge < -0.3 is 5.21 Å². The Kier molecular flexibility index (Phi) is 1.80. The molecule has 1 aromatic heterocycles. The molecule has 0 saturated carbocycles. The molecule has 3 heteroatoms. The molecule has 1 rings (SSSR count). The Morgan fingerprint density at radius 1 is 1.33 bits per heavy atom. The molecule has 0 spiro atoms. The van der Waals surface area contributed by atoms with E-state index in [1.54, 1.807) is 30.6 Å². The van der Waals surface area contributed by atoms with E-state index in [1.807, 2.05) is 0 Å². The molecule has 0 bridgehead atoms. The van der Waals surface area contributed by atoms with Crippen molar-refractivity contribution in [2.45, 2.75) is 0 Å². The molecule has 0 radical (unpaired) electrons. The topological polar surface area (TPSA) is 45.5 Å². The maximum Gasteiger partial charge on any atom is 0.104 e. The van der Waals surface area contributed by atoms with Gasteiger partial charge in [-0.2, -0.15) is 0 Å². The minimum Gasteiger partial charge on any atom is -0.410 e. The monoisotopic (exact) mass is 122 g/mol. The zero-order chi connectivity index (χ0) is 6.53. The SMILES string of the molecule is ON=c1cccncc1. The first kappa shape index (κ1) is 5.75. The molecule has 0 aliphatic heterocycles. The highest BCUT2D eigenvalue weighted by Crippen LogP contribution is 1.68. The molecule has 0 aliphatic rings. The van der Waals surface area contributed by atoms with Crippen molar-refractivity contribution in [3.63, 3.8) is 0 Å². The summed E-state index contributed by atoms with van der Waals surface area (Å²) in [5, 5.41) is 11.7. The second kappa shape index (κ2) is 2.81.